The number of nitrogens with one attached hydrogen (secondary N) is 2. The molecule has 2 aromatic heterocycles. The van der Waals surface area contributed by atoms with Crippen LogP contribution in [0.1, 0.15) is 47.0 Å². The number of pyridine rings is 1. The number of hydrogen-bond acceptors (Lipinski definition) is 12. The van der Waals surface area contributed by atoms with E-state index in [2.05, 4.69) is 37.3 Å². The number of hydrogen-bond donors (Lipinski definition) is 3. The van der Waals surface area contributed by atoms with E-state index in [-0.39, 0.29) is 36.0 Å². The second kappa shape index (κ2) is 15.1. The zero-order chi connectivity index (χ0) is 37.4. The molecule has 2 aliphatic heterocycles. The van der Waals surface area contributed by atoms with Crippen LogP contribution in [0.25, 0.3) is 10.9 Å². The van der Waals surface area contributed by atoms with Crippen LogP contribution in [-0.4, -0.2) is 118 Å². The number of aromatic amines is 1. The zero-order valence-corrected chi connectivity index (χ0v) is 31.1. The fourth-order valence-electron chi connectivity index (χ4n) is 7.81. The lowest BCUT2D eigenvalue weighted by Crippen LogP contribution is -2.57. The lowest BCUT2D eigenvalue weighted by Gasteiger charge is -2.35. The molecule has 4 aliphatic rings. The van der Waals surface area contributed by atoms with Crippen LogP contribution in [-0.2, 0) is 19.1 Å². The van der Waals surface area contributed by atoms with Crippen LogP contribution >= 0.6 is 11.6 Å². The molecule has 2 saturated heterocycles. The Morgan fingerprint density at radius 2 is 1.87 bits per heavy atom. The van der Waals surface area contributed by atoms with E-state index in [1.54, 1.807) is 18.2 Å². The Morgan fingerprint density at radius 1 is 1.11 bits per heavy atom. The normalized spacial score (nSPS) is 26.2. The molecular formula is C36H47ClN8O8. The van der Waals surface area contributed by atoms with Gasteiger partial charge in [-0.1, -0.05) is 44.4 Å². The van der Waals surface area contributed by atoms with Gasteiger partial charge in [-0.2, -0.15) is 0 Å². The summed E-state index contributed by atoms with van der Waals surface area (Å²) < 4.78 is 29.6. The largest absolute Gasteiger partial charge is 0.491 e. The van der Waals surface area contributed by atoms with Gasteiger partial charge in [-0.05, 0) is 48.1 Å². The molecule has 16 nitrogen and oxygen atoms in total. The Bertz CT molecular complexity index is 1800. The maximum absolute atomic E-state index is 14.2. The number of benzene rings is 1. The third-order valence-corrected chi connectivity index (χ3v) is 11.2. The minimum atomic E-state index is -0.991. The van der Waals surface area contributed by atoms with E-state index >= 15 is 0 Å². The van der Waals surface area contributed by atoms with Crippen LogP contribution in [0.4, 0.5) is 4.79 Å². The van der Waals surface area contributed by atoms with Crippen molar-refractivity contribution in [3.63, 3.8) is 0 Å². The van der Waals surface area contributed by atoms with Gasteiger partial charge in [0.05, 0.1) is 19.8 Å². The van der Waals surface area contributed by atoms with Gasteiger partial charge in [0.15, 0.2) is 0 Å². The van der Waals surface area contributed by atoms with Crippen LogP contribution in [0.5, 0.6) is 23.4 Å². The molecule has 0 spiro atoms. The van der Waals surface area contributed by atoms with Gasteiger partial charge >= 0.3 is 12.1 Å². The fourth-order valence-corrected chi connectivity index (χ4v) is 8.07. The first kappa shape index (κ1) is 36.9. The van der Waals surface area contributed by atoms with Crippen molar-refractivity contribution in [3.8, 4) is 23.4 Å². The minimum absolute atomic E-state index is 0.0260. The second-order valence-electron chi connectivity index (χ2n) is 15.4. The number of nitrogens with two attached hydrogens (primary N) is 1. The molecule has 4 heterocycles. The lowest BCUT2D eigenvalue weighted by molar-refractivity contribution is -0.141. The van der Waals surface area contributed by atoms with Crippen LogP contribution in [0.3, 0.4) is 0 Å². The molecule has 1 unspecified atom stereocenters. The maximum Gasteiger partial charge on any atom is 0.408 e. The molecule has 4 N–H and O–H groups in total. The van der Waals surface area contributed by atoms with E-state index in [1.807, 2.05) is 20.8 Å². The minimum Gasteiger partial charge on any atom is -0.491 e. The first-order chi connectivity index (χ1) is 25.4. The van der Waals surface area contributed by atoms with E-state index in [0.29, 0.717) is 66.5 Å². The predicted molar refractivity (Wildman–Crippen MR) is 192 cm³/mol. The summed E-state index contributed by atoms with van der Waals surface area (Å²) in [5.74, 6) is 1.63. The van der Waals surface area contributed by atoms with Gasteiger partial charge in [-0.3, -0.25) is 19.5 Å². The van der Waals surface area contributed by atoms with Crippen molar-refractivity contribution in [2.45, 2.75) is 71.2 Å². The Morgan fingerprint density at radius 3 is 2.55 bits per heavy atom. The van der Waals surface area contributed by atoms with Gasteiger partial charge in [0.1, 0.15) is 59.3 Å². The summed E-state index contributed by atoms with van der Waals surface area (Å²) in [5, 5.41) is 11.3. The van der Waals surface area contributed by atoms with Crippen molar-refractivity contribution in [1.82, 2.24) is 35.3 Å². The molecule has 2 aliphatic carbocycles. The first-order valence-electron chi connectivity index (χ1n) is 18.2. The Balaban J connectivity index is 1.09. The van der Waals surface area contributed by atoms with Crippen molar-refractivity contribution in [3.05, 3.63) is 29.5 Å². The maximum atomic E-state index is 14.2. The number of nitrogens with zero attached hydrogens (tertiary/aromatic N) is 5. The molecule has 1 aromatic carbocycles. The van der Waals surface area contributed by atoms with Crippen molar-refractivity contribution in [2.24, 2.45) is 28.9 Å². The number of rotatable bonds is 12. The average molecular weight is 755 g/mol. The number of halogens is 1. The summed E-state index contributed by atoms with van der Waals surface area (Å²) in [6.07, 6.45) is 1.68. The van der Waals surface area contributed by atoms with Crippen LogP contribution in [0.2, 0.25) is 5.02 Å². The highest BCUT2D eigenvalue weighted by Gasteiger charge is 2.54. The molecule has 53 heavy (non-hydrogen) atoms. The number of alkyl carbamates (subject to hydrolysis) is 1. The molecule has 0 radical (unpaired) electrons. The van der Waals surface area contributed by atoms with E-state index in [4.69, 9.17) is 41.0 Å². The van der Waals surface area contributed by atoms with Gasteiger partial charge in [0.2, 0.25) is 17.7 Å². The zero-order valence-electron chi connectivity index (χ0n) is 30.4. The van der Waals surface area contributed by atoms with Crippen LogP contribution in [0.15, 0.2) is 24.5 Å². The number of ether oxygens (including phenoxy) is 5. The van der Waals surface area contributed by atoms with E-state index in [0.717, 1.165) is 25.9 Å². The molecule has 2 saturated carbocycles. The van der Waals surface area contributed by atoms with Crippen molar-refractivity contribution < 1.29 is 38.1 Å². The highest BCUT2D eigenvalue weighted by Crippen LogP contribution is 2.57. The summed E-state index contributed by atoms with van der Waals surface area (Å²) in [7, 11) is 0. The molecule has 0 bridgehead atoms. The Kier molecular flexibility index (Phi) is 10.6. The summed E-state index contributed by atoms with van der Waals surface area (Å²) in [5.41, 5.74) is 5.50. The standard InChI is InChI=1S/C36H47ClN8O8/c1-19-23-13-20(14-24(19)23)52-35(48)42-31(36(2,3)4)33(47)45-17-21(15-25(45)32(38)46)51-27-16-28(53-34-39-18-40-43-34)41-30-22(27)5-6-26(29(30)37)50-12-9-44-7-10-49-11-8-44/h5-6,16,18-21,23-25,31H,7-15,17H2,1-4H3,(H2,38,46)(H,42,48)(H,39,40,43)/t19-,20+,21?,23+,24-,25-,31+/m0/s1. The summed E-state index contributed by atoms with van der Waals surface area (Å²) in [6.45, 7) is 11.9. The van der Waals surface area contributed by atoms with Gasteiger partial charge < -0.3 is 39.6 Å². The Hall–Kier alpha value is -4.41. The first-order valence-corrected chi connectivity index (χ1v) is 18.6. The third kappa shape index (κ3) is 8.24. The summed E-state index contributed by atoms with van der Waals surface area (Å²) in [4.78, 5) is 51.1. The van der Waals surface area contributed by atoms with E-state index < -0.39 is 41.5 Å². The van der Waals surface area contributed by atoms with Crippen molar-refractivity contribution in [2.75, 3.05) is 46.0 Å². The van der Waals surface area contributed by atoms with Crippen LogP contribution in [0, 0.1) is 23.2 Å². The highest BCUT2D eigenvalue weighted by atomic mass is 35.5. The van der Waals surface area contributed by atoms with Gasteiger partial charge in [-0.25, -0.2) is 9.78 Å². The Labute approximate surface area is 312 Å². The predicted octanol–water partition coefficient (Wildman–Crippen LogP) is 3.53. The SMILES string of the molecule is C[C@H]1[C@H]2C[C@@H](OC(=O)N[C@H](C(=O)N3CC(Oc4cc(Oc5nnc[nH]5)nc5c(Cl)c(OCCN6CCOCC6)ccc45)C[C@H]3C(N)=O)C(C)(C)C)C[C@@H]12. The number of likely N-dealkylation sites (tertiary alicyclic amines) is 1. The molecule has 3 amide bonds. The topological polar surface area (TPSA) is 196 Å². The molecule has 3 aromatic rings. The van der Waals surface area contributed by atoms with E-state index in [1.165, 1.54) is 11.2 Å². The number of carbonyl (C=O) groups is 3. The smallest absolute Gasteiger partial charge is 0.408 e. The fraction of sp³-hybridized carbons (Fsp3) is 0.611. The number of aromatic nitrogens is 4. The number of carbonyl (C=O) groups excluding carboxylic acids is 3. The monoisotopic (exact) mass is 754 g/mol. The molecular weight excluding hydrogens is 708 g/mol. The van der Waals surface area contributed by atoms with E-state index in [9.17, 15) is 14.4 Å². The quantitative estimate of drug-likeness (QED) is 0.244. The average Bonchev–Trinajstić information content (AvgIpc) is 3.64. The number of H-pyrrole nitrogens is 1. The van der Waals surface area contributed by atoms with Crippen molar-refractivity contribution in [1.29, 1.82) is 0 Å². The van der Waals surface area contributed by atoms with Gasteiger partial charge in [0.25, 0.3) is 0 Å². The molecule has 7 atom stereocenters. The summed E-state index contributed by atoms with van der Waals surface area (Å²) >= 11 is 6.90. The highest BCUT2D eigenvalue weighted by molar-refractivity contribution is 6.36. The van der Waals surface area contributed by atoms with Crippen molar-refractivity contribution >= 4 is 40.4 Å². The van der Waals surface area contributed by atoms with Crippen LogP contribution < -0.4 is 25.3 Å². The van der Waals surface area contributed by atoms with Gasteiger partial charge in [0, 0.05) is 37.5 Å². The molecule has 286 valence electrons. The van der Waals surface area contributed by atoms with Gasteiger partial charge in [-0.15, -0.1) is 5.10 Å². The number of amides is 3. The molecule has 4 fully saturated rings. The number of morpholine rings is 1. The number of primary amides is 1. The lowest BCUT2D eigenvalue weighted by atomic mass is 9.85. The molecule has 7 rings (SSSR count). The summed E-state index contributed by atoms with van der Waals surface area (Å²) in [6, 6.07) is 3.24. The third-order valence-electron chi connectivity index (χ3n) is 10.8. The second-order valence-corrected chi connectivity index (χ2v) is 15.8. The molecule has 17 heteroatoms. The number of fused-ring (bicyclic) bond motifs is 2.